The van der Waals surface area contributed by atoms with Gasteiger partial charge in [0.2, 0.25) is 11.8 Å². The summed E-state index contributed by atoms with van der Waals surface area (Å²) >= 11 is 19.3. The maximum atomic E-state index is 14.4. The Kier molecular flexibility index (Phi) is 8.07. The van der Waals surface area contributed by atoms with Gasteiger partial charge in [-0.05, 0) is 80.8 Å². The molecule has 3 aromatic rings. The topological polar surface area (TPSA) is 97.0 Å². The second-order valence-corrected chi connectivity index (χ2v) is 13.8. The smallest absolute Gasteiger partial charge is 0.310 e. The quantitative estimate of drug-likeness (QED) is 0.292. The van der Waals surface area contributed by atoms with Gasteiger partial charge in [-0.15, -0.1) is 5.06 Å². The van der Waals surface area contributed by atoms with Gasteiger partial charge in [-0.3, -0.25) is 14.4 Å². The first-order chi connectivity index (χ1) is 20.8. The maximum absolute atomic E-state index is 14.4. The lowest BCUT2D eigenvalue weighted by Crippen LogP contribution is -2.57. The lowest BCUT2D eigenvalue weighted by molar-refractivity contribution is -0.160. The number of benzene rings is 3. The summed E-state index contributed by atoms with van der Waals surface area (Å²) in [6, 6.07) is 16.8. The largest absolute Gasteiger partial charge is 0.460 e. The van der Waals surface area contributed by atoms with E-state index in [0.29, 0.717) is 57.1 Å². The molecule has 6 rings (SSSR count). The third-order valence-electron chi connectivity index (χ3n) is 8.40. The fourth-order valence-corrected chi connectivity index (χ4v) is 7.18. The summed E-state index contributed by atoms with van der Waals surface area (Å²) in [7, 11) is 0. The van der Waals surface area contributed by atoms with E-state index in [1.165, 1.54) is 0 Å². The molecule has 8 nitrogen and oxygen atoms in total. The van der Waals surface area contributed by atoms with Gasteiger partial charge >= 0.3 is 5.97 Å². The predicted octanol–water partition coefficient (Wildman–Crippen LogP) is 6.84. The minimum Gasteiger partial charge on any atom is -0.460 e. The first kappa shape index (κ1) is 30.7. The number of esters is 1. The van der Waals surface area contributed by atoms with E-state index in [1.807, 2.05) is 39.0 Å². The highest BCUT2D eigenvalue weighted by Crippen LogP contribution is 2.58. The molecule has 1 unspecified atom stereocenters. The number of piperidine rings is 1. The molecule has 2 amide bonds. The fourth-order valence-electron chi connectivity index (χ4n) is 6.63. The molecule has 0 bridgehead atoms. The van der Waals surface area contributed by atoms with E-state index in [9.17, 15) is 14.4 Å². The van der Waals surface area contributed by atoms with E-state index in [-0.39, 0.29) is 30.1 Å². The molecule has 4 atom stereocenters. The molecule has 3 aliphatic heterocycles. The maximum Gasteiger partial charge on any atom is 0.310 e. The van der Waals surface area contributed by atoms with Gasteiger partial charge in [0.25, 0.3) is 0 Å². The number of carbonyl (C=O) groups excluding carboxylic acids is 3. The first-order valence-corrected chi connectivity index (χ1v) is 15.6. The Balaban J connectivity index is 1.44. The summed E-state index contributed by atoms with van der Waals surface area (Å²) in [5.74, 6) is -1.33. The Morgan fingerprint density at radius 1 is 0.977 bits per heavy atom. The van der Waals surface area contributed by atoms with Crippen molar-refractivity contribution in [1.29, 1.82) is 0 Å². The number of anilines is 1. The number of nitrogens with zero attached hydrogens (tertiary/aromatic N) is 1. The summed E-state index contributed by atoms with van der Waals surface area (Å²) in [6.07, 6.45) is 0.613. The second-order valence-electron chi connectivity index (χ2n) is 12.5. The molecule has 3 aliphatic rings. The molecule has 2 saturated heterocycles. The highest BCUT2D eigenvalue weighted by Gasteiger charge is 2.61. The van der Waals surface area contributed by atoms with Crippen LogP contribution in [0.5, 0.6) is 5.75 Å². The highest BCUT2D eigenvalue weighted by molar-refractivity contribution is 6.31. The average Bonchev–Trinajstić information content (AvgIpc) is 3.52. The van der Waals surface area contributed by atoms with Crippen molar-refractivity contribution < 1.29 is 24.0 Å². The molecular formula is C33H32Cl3N3O5. The van der Waals surface area contributed by atoms with Crippen molar-refractivity contribution in [3.05, 3.63) is 92.4 Å². The number of rotatable bonds is 5. The van der Waals surface area contributed by atoms with Crippen LogP contribution < -0.4 is 15.5 Å². The Bertz CT molecular complexity index is 1660. The predicted molar refractivity (Wildman–Crippen MR) is 169 cm³/mol. The fraction of sp³-hybridized carbons (Fsp3) is 0.364. The molecule has 0 radical (unpaired) electrons. The van der Waals surface area contributed by atoms with Gasteiger partial charge in [0, 0.05) is 51.7 Å². The molecule has 2 fully saturated rings. The van der Waals surface area contributed by atoms with Crippen LogP contribution in [-0.2, 0) is 24.5 Å². The molecule has 11 heteroatoms. The zero-order valence-electron chi connectivity index (χ0n) is 24.5. The van der Waals surface area contributed by atoms with E-state index >= 15 is 0 Å². The zero-order chi connectivity index (χ0) is 31.4. The van der Waals surface area contributed by atoms with Crippen LogP contribution in [0.25, 0.3) is 0 Å². The number of halogens is 3. The number of hydroxylamine groups is 2. The first-order valence-electron chi connectivity index (χ1n) is 14.5. The van der Waals surface area contributed by atoms with Crippen LogP contribution in [0.1, 0.15) is 62.3 Å². The van der Waals surface area contributed by atoms with E-state index in [2.05, 4.69) is 10.6 Å². The second kappa shape index (κ2) is 11.6. The van der Waals surface area contributed by atoms with Gasteiger partial charge < -0.3 is 20.2 Å². The molecule has 0 saturated carbocycles. The van der Waals surface area contributed by atoms with E-state index in [0.717, 1.165) is 5.56 Å². The lowest BCUT2D eigenvalue weighted by atomic mass is 9.59. The number of ether oxygens (including phenoxy) is 1. The number of hydrogen-bond donors (Lipinski definition) is 2. The van der Waals surface area contributed by atoms with Crippen molar-refractivity contribution in [3.8, 4) is 5.75 Å². The molecule has 1 spiro atoms. The summed E-state index contributed by atoms with van der Waals surface area (Å²) < 4.78 is 5.60. The lowest BCUT2D eigenvalue weighted by Gasteiger charge is -2.46. The number of carbonyl (C=O) groups is 3. The standard InChI is InChI=1S/C33H32Cl3N3O5/c1-32(2,3)43-30(41)19-11-12-39(17-19)44-27-10-8-21(35)14-23(27)29-33(24-9-7-22(36)15-26(24)37-31(33)42)25(16-28(40)38-29)18-5-4-6-20(34)13-18/h4-10,13-15,19,25,29H,11-12,16-17H2,1-3H3,(H,37,42)(H,38,40)/t19?,25-,29+,33-/m0/s1. The van der Waals surface area contributed by atoms with Crippen molar-refractivity contribution in [2.45, 2.75) is 56.6 Å². The Morgan fingerprint density at radius 2 is 1.70 bits per heavy atom. The molecule has 0 aromatic heterocycles. The van der Waals surface area contributed by atoms with Crippen molar-refractivity contribution in [3.63, 3.8) is 0 Å². The summed E-state index contributed by atoms with van der Waals surface area (Å²) in [6.45, 7) is 6.33. The zero-order valence-corrected chi connectivity index (χ0v) is 26.7. The summed E-state index contributed by atoms with van der Waals surface area (Å²) in [5, 5.41) is 9.22. The summed E-state index contributed by atoms with van der Waals surface area (Å²) in [4.78, 5) is 47.0. The van der Waals surface area contributed by atoms with Gasteiger partial charge in [0.05, 0.1) is 12.0 Å². The third-order valence-corrected chi connectivity index (χ3v) is 9.11. The molecule has 44 heavy (non-hydrogen) atoms. The van der Waals surface area contributed by atoms with E-state index in [1.54, 1.807) is 47.5 Å². The minimum atomic E-state index is -1.30. The number of fused-ring (bicyclic) bond motifs is 2. The molecule has 0 aliphatic carbocycles. The molecule has 3 heterocycles. The summed E-state index contributed by atoms with van der Waals surface area (Å²) in [5.41, 5.74) is 0.643. The van der Waals surface area contributed by atoms with Crippen LogP contribution in [0.2, 0.25) is 15.1 Å². The van der Waals surface area contributed by atoms with Gasteiger partial charge in [-0.2, -0.15) is 0 Å². The Morgan fingerprint density at radius 3 is 2.45 bits per heavy atom. The molecule has 3 aromatic carbocycles. The van der Waals surface area contributed by atoms with Crippen LogP contribution >= 0.6 is 34.8 Å². The van der Waals surface area contributed by atoms with Crippen LogP contribution in [0.15, 0.2) is 60.7 Å². The Labute approximate surface area is 270 Å². The molecule has 2 N–H and O–H groups in total. The number of hydrogen-bond acceptors (Lipinski definition) is 6. The average molecular weight is 657 g/mol. The van der Waals surface area contributed by atoms with Gasteiger partial charge in [0.15, 0.2) is 5.75 Å². The van der Waals surface area contributed by atoms with E-state index in [4.69, 9.17) is 44.4 Å². The van der Waals surface area contributed by atoms with Gasteiger partial charge in [-0.25, -0.2) is 0 Å². The normalized spacial score (nSPS) is 25.0. The van der Waals surface area contributed by atoms with Crippen molar-refractivity contribution in [2.75, 3.05) is 18.4 Å². The van der Waals surface area contributed by atoms with Gasteiger partial charge in [0.1, 0.15) is 11.0 Å². The van der Waals surface area contributed by atoms with E-state index < -0.39 is 23.0 Å². The van der Waals surface area contributed by atoms with Crippen LogP contribution in [0.3, 0.4) is 0 Å². The van der Waals surface area contributed by atoms with Crippen LogP contribution in [0, 0.1) is 5.92 Å². The SMILES string of the molecule is CC(C)(C)OC(=O)C1CCN(Oc2ccc(Cl)cc2[C@H]2NC(=O)C[C@@H](c3cccc(Cl)c3)[C@]23C(=O)Nc2cc(Cl)ccc23)C1. The van der Waals surface area contributed by atoms with Crippen molar-refractivity contribution in [1.82, 2.24) is 10.4 Å². The van der Waals surface area contributed by atoms with Gasteiger partial charge in [-0.1, -0.05) is 53.0 Å². The van der Waals surface area contributed by atoms with Crippen LogP contribution in [-0.4, -0.2) is 41.5 Å². The van der Waals surface area contributed by atoms with Crippen molar-refractivity contribution >= 4 is 58.3 Å². The van der Waals surface area contributed by atoms with Crippen LogP contribution in [0.4, 0.5) is 5.69 Å². The molecule has 230 valence electrons. The molecular weight excluding hydrogens is 625 g/mol. The minimum absolute atomic E-state index is 0.0484. The number of amides is 2. The number of nitrogens with one attached hydrogen (secondary N) is 2. The monoisotopic (exact) mass is 655 g/mol. The van der Waals surface area contributed by atoms with Crippen molar-refractivity contribution in [2.24, 2.45) is 5.92 Å². The highest BCUT2D eigenvalue weighted by atomic mass is 35.5. The third kappa shape index (κ3) is 5.65. The Hall–Kier alpha value is -3.30.